The van der Waals surface area contributed by atoms with E-state index < -0.39 is 0 Å². The van der Waals surface area contributed by atoms with Crippen LogP contribution in [0.3, 0.4) is 0 Å². The molecular formula is C13H18BrFO. The molecule has 0 saturated carbocycles. The standard InChI is InChI=1S/C13H18BrFO/c1-3-4-11(14)6-5-10-9-12(15)7-8-13(10)16-2/h7-9,11H,3-6H2,1-2H3. The number of alkyl halides is 1. The van der Waals surface area contributed by atoms with Gasteiger partial charge in [-0.15, -0.1) is 0 Å². The molecule has 0 radical (unpaired) electrons. The SMILES string of the molecule is CCCC(Br)CCc1cc(F)ccc1OC. The highest BCUT2D eigenvalue weighted by Gasteiger charge is 2.08. The first-order chi connectivity index (χ1) is 7.67. The van der Waals surface area contributed by atoms with E-state index in [1.807, 2.05) is 0 Å². The summed E-state index contributed by atoms with van der Waals surface area (Å²) < 4.78 is 18.3. The quantitative estimate of drug-likeness (QED) is 0.708. The van der Waals surface area contributed by atoms with E-state index >= 15 is 0 Å². The molecule has 16 heavy (non-hydrogen) atoms. The summed E-state index contributed by atoms with van der Waals surface area (Å²) in [6.45, 7) is 2.16. The van der Waals surface area contributed by atoms with Crippen molar-refractivity contribution in [2.24, 2.45) is 0 Å². The first-order valence-electron chi connectivity index (χ1n) is 5.63. The molecule has 0 fully saturated rings. The molecule has 0 bridgehead atoms. The molecule has 0 N–H and O–H groups in total. The molecule has 1 atom stereocenters. The maximum atomic E-state index is 13.1. The van der Waals surface area contributed by atoms with Crippen molar-refractivity contribution in [2.75, 3.05) is 7.11 Å². The molecule has 1 aromatic carbocycles. The smallest absolute Gasteiger partial charge is 0.123 e. The Morgan fingerprint density at radius 3 is 2.75 bits per heavy atom. The molecular weight excluding hydrogens is 271 g/mol. The van der Waals surface area contributed by atoms with Gasteiger partial charge in [0, 0.05) is 4.83 Å². The Kier molecular flexibility index (Phi) is 5.81. The lowest BCUT2D eigenvalue weighted by atomic mass is 10.1. The van der Waals surface area contributed by atoms with Crippen LogP contribution in [0.5, 0.6) is 5.75 Å². The van der Waals surface area contributed by atoms with E-state index in [4.69, 9.17) is 4.74 Å². The molecule has 0 aliphatic heterocycles. The van der Waals surface area contributed by atoms with Gasteiger partial charge in [0.25, 0.3) is 0 Å². The molecule has 0 amide bonds. The van der Waals surface area contributed by atoms with Crippen molar-refractivity contribution >= 4 is 15.9 Å². The molecule has 0 aromatic heterocycles. The average Bonchev–Trinajstić information content (AvgIpc) is 2.27. The third-order valence-electron chi connectivity index (χ3n) is 2.57. The predicted molar refractivity (Wildman–Crippen MR) is 68.9 cm³/mol. The number of rotatable bonds is 6. The summed E-state index contributed by atoms with van der Waals surface area (Å²) in [6, 6.07) is 4.68. The van der Waals surface area contributed by atoms with Crippen LogP contribution in [0.15, 0.2) is 18.2 Å². The fraction of sp³-hybridized carbons (Fsp3) is 0.538. The van der Waals surface area contributed by atoms with Crippen LogP contribution >= 0.6 is 15.9 Å². The number of halogens is 2. The van der Waals surface area contributed by atoms with Crippen LogP contribution in [0.25, 0.3) is 0 Å². The maximum absolute atomic E-state index is 13.1. The third-order valence-corrected chi connectivity index (χ3v) is 3.49. The number of ether oxygens (including phenoxy) is 1. The summed E-state index contributed by atoms with van der Waals surface area (Å²) in [5.41, 5.74) is 0.947. The summed E-state index contributed by atoms with van der Waals surface area (Å²) >= 11 is 3.63. The van der Waals surface area contributed by atoms with Gasteiger partial charge in [-0.2, -0.15) is 0 Å². The molecule has 0 spiro atoms. The van der Waals surface area contributed by atoms with Crippen molar-refractivity contribution in [2.45, 2.75) is 37.4 Å². The van der Waals surface area contributed by atoms with Crippen LogP contribution in [-0.2, 0) is 6.42 Å². The van der Waals surface area contributed by atoms with Gasteiger partial charge in [0.05, 0.1) is 7.11 Å². The molecule has 1 nitrogen and oxygen atoms in total. The minimum absolute atomic E-state index is 0.197. The fourth-order valence-electron chi connectivity index (χ4n) is 1.71. The van der Waals surface area contributed by atoms with E-state index in [2.05, 4.69) is 22.9 Å². The Hall–Kier alpha value is -0.570. The topological polar surface area (TPSA) is 9.23 Å². The van der Waals surface area contributed by atoms with Crippen LogP contribution < -0.4 is 4.74 Å². The minimum Gasteiger partial charge on any atom is -0.496 e. The Balaban J connectivity index is 2.61. The number of benzene rings is 1. The van der Waals surface area contributed by atoms with E-state index in [1.54, 1.807) is 19.2 Å². The van der Waals surface area contributed by atoms with Gasteiger partial charge in [-0.25, -0.2) is 4.39 Å². The zero-order valence-corrected chi connectivity index (χ0v) is 11.4. The zero-order valence-electron chi connectivity index (χ0n) is 9.80. The van der Waals surface area contributed by atoms with E-state index in [1.165, 1.54) is 6.07 Å². The Morgan fingerprint density at radius 1 is 1.38 bits per heavy atom. The molecule has 1 unspecified atom stereocenters. The molecule has 1 rings (SSSR count). The van der Waals surface area contributed by atoms with Crippen molar-refractivity contribution < 1.29 is 9.13 Å². The highest BCUT2D eigenvalue weighted by atomic mass is 79.9. The largest absolute Gasteiger partial charge is 0.496 e. The van der Waals surface area contributed by atoms with E-state index in [9.17, 15) is 4.39 Å². The summed E-state index contributed by atoms with van der Waals surface area (Å²) in [7, 11) is 1.62. The Bertz CT molecular complexity index is 328. The number of hydrogen-bond donors (Lipinski definition) is 0. The highest BCUT2D eigenvalue weighted by molar-refractivity contribution is 9.09. The summed E-state index contributed by atoms with van der Waals surface area (Å²) in [5.74, 6) is 0.579. The second kappa shape index (κ2) is 6.89. The molecule has 0 aliphatic carbocycles. The third kappa shape index (κ3) is 4.12. The van der Waals surface area contributed by atoms with Gasteiger partial charge < -0.3 is 4.74 Å². The number of methoxy groups -OCH3 is 1. The van der Waals surface area contributed by atoms with Crippen molar-refractivity contribution in [3.63, 3.8) is 0 Å². The van der Waals surface area contributed by atoms with Crippen molar-refractivity contribution in [3.8, 4) is 5.75 Å². The number of aryl methyl sites for hydroxylation is 1. The summed E-state index contributed by atoms with van der Waals surface area (Å²) in [5, 5.41) is 0. The lowest BCUT2D eigenvalue weighted by molar-refractivity contribution is 0.407. The monoisotopic (exact) mass is 288 g/mol. The van der Waals surface area contributed by atoms with Crippen molar-refractivity contribution in [3.05, 3.63) is 29.6 Å². The van der Waals surface area contributed by atoms with E-state index in [0.29, 0.717) is 4.83 Å². The van der Waals surface area contributed by atoms with Gasteiger partial charge in [-0.3, -0.25) is 0 Å². The predicted octanol–water partition coefficient (Wildman–Crippen LogP) is 4.33. The second-order valence-corrected chi connectivity index (χ2v) is 5.18. The van der Waals surface area contributed by atoms with Crippen LogP contribution in [0, 0.1) is 5.82 Å². The van der Waals surface area contributed by atoms with Crippen molar-refractivity contribution in [1.29, 1.82) is 0 Å². The fourth-order valence-corrected chi connectivity index (χ4v) is 2.40. The highest BCUT2D eigenvalue weighted by Crippen LogP contribution is 2.23. The zero-order chi connectivity index (χ0) is 12.0. The summed E-state index contributed by atoms with van der Waals surface area (Å²) in [4.78, 5) is 0.505. The molecule has 0 heterocycles. The lowest BCUT2D eigenvalue weighted by Gasteiger charge is -2.11. The van der Waals surface area contributed by atoms with Gasteiger partial charge in [0.2, 0.25) is 0 Å². The van der Waals surface area contributed by atoms with Gasteiger partial charge in [0.1, 0.15) is 11.6 Å². The van der Waals surface area contributed by atoms with Crippen LogP contribution in [0.4, 0.5) is 4.39 Å². The Labute approximate surface area is 105 Å². The first kappa shape index (κ1) is 13.5. The minimum atomic E-state index is -0.197. The van der Waals surface area contributed by atoms with Gasteiger partial charge in [0.15, 0.2) is 0 Å². The number of hydrogen-bond acceptors (Lipinski definition) is 1. The van der Waals surface area contributed by atoms with Crippen LogP contribution in [0.2, 0.25) is 0 Å². The molecule has 1 aromatic rings. The maximum Gasteiger partial charge on any atom is 0.123 e. The Morgan fingerprint density at radius 2 is 2.12 bits per heavy atom. The van der Waals surface area contributed by atoms with Gasteiger partial charge in [-0.1, -0.05) is 29.3 Å². The van der Waals surface area contributed by atoms with Gasteiger partial charge >= 0.3 is 0 Å². The first-order valence-corrected chi connectivity index (χ1v) is 6.55. The van der Waals surface area contributed by atoms with Crippen LogP contribution in [-0.4, -0.2) is 11.9 Å². The van der Waals surface area contributed by atoms with Crippen molar-refractivity contribution in [1.82, 2.24) is 0 Å². The lowest BCUT2D eigenvalue weighted by Crippen LogP contribution is -2.01. The molecule has 90 valence electrons. The van der Waals surface area contributed by atoms with Crippen LogP contribution in [0.1, 0.15) is 31.7 Å². The van der Waals surface area contributed by atoms with E-state index in [0.717, 1.165) is 37.0 Å². The normalized spacial score (nSPS) is 12.5. The van der Waals surface area contributed by atoms with Gasteiger partial charge in [-0.05, 0) is 43.0 Å². The molecule has 0 aliphatic rings. The second-order valence-electron chi connectivity index (χ2n) is 3.88. The molecule has 3 heteroatoms. The molecule has 0 saturated heterocycles. The van der Waals surface area contributed by atoms with E-state index in [-0.39, 0.29) is 5.82 Å². The summed E-state index contributed by atoms with van der Waals surface area (Å²) in [6.07, 6.45) is 4.17. The average molecular weight is 289 g/mol.